The number of aryl methyl sites for hydroxylation is 1. The van der Waals surface area contributed by atoms with Gasteiger partial charge in [-0.2, -0.15) is 5.10 Å². The molecule has 0 aliphatic heterocycles. The summed E-state index contributed by atoms with van der Waals surface area (Å²) in [5.74, 6) is -1.65. The van der Waals surface area contributed by atoms with Gasteiger partial charge in [0.05, 0.1) is 11.9 Å². The molecule has 1 aromatic carbocycles. The van der Waals surface area contributed by atoms with E-state index in [1.165, 1.54) is 6.07 Å². The topological polar surface area (TPSA) is 29.9 Å². The van der Waals surface area contributed by atoms with Crippen LogP contribution in [0.1, 0.15) is 12.5 Å². The Labute approximate surface area is 98.1 Å². The molecule has 0 bridgehead atoms. The highest BCUT2D eigenvalue weighted by Crippen LogP contribution is 2.11. The molecule has 1 N–H and O–H groups in total. The fraction of sp³-hybridized carbons (Fsp3) is 0.250. The molecule has 0 amide bonds. The standard InChI is InChI=1S/C12H13F2N3/c1-2-17-8-10(7-16-17)15-6-9-3-4-11(13)12(14)5-9/h3-5,7-8,15H,2,6H2,1H3. The highest BCUT2D eigenvalue weighted by molar-refractivity contribution is 5.39. The summed E-state index contributed by atoms with van der Waals surface area (Å²) in [7, 11) is 0. The molecular weight excluding hydrogens is 224 g/mol. The summed E-state index contributed by atoms with van der Waals surface area (Å²) in [6.07, 6.45) is 3.56. The average Bonchev–Trinajstić information content (AvgIpc) is 2.79. The van der Waals surface area contributed by atoms with Crippen molar-refractivity contribution in [2.24, 2.45) is 0 Å². The molecule has 1 aromatic heterocycles. The summed E-state index contributed by atoms with van der Waals surface area (Å²) in [5, 5.41) is 7.19. The average molecular weight is 237 g/mol. The third kappa shape index (κ3) is 2.81. The van der Waals surface area contributed by atoms with Crippen LogP contribution in [0, 0.1) is 11.6 Å². The molecule has 2 rings (SSSR count). The Bertz CT molecular complexity index is 508. The minimum absolute atomic E-state index is 0.437. The van der Waals surface area contributed by atoms with Crippen LogP contribution in [0.2, 0.25) is 0 Å². The molecule has 0 aliphatic carbocycles. The van der Waals surface area contributed by atoms with Gasteiger partial charge in [0.15, 0.2) is 11.6 Å². The van der Waals surface area contributed by atoms with Gasteiger partial charge in [-0.15, -0.1) is 0 Å². The van der Waals surface area contributed by atoms with Gasteiger partial charge in [-0.05, 0) is 24.6 Å². The van der Waals surface area contributed by atoms with E-state index < -0.39 is 11.6 Å². The summed E-state index contributed by atoms with van der Waals surface area (Å²) in [6, 6.07) is 3.87. The van der Waals surface area contributed by atoms with Crippen LogP contribution in [0.5, 0.6) is 0 Å². The Hall–Kier alpha value is -1.91. The molecule has 0 aliphatic rings. The maximum atomic E-state index is 12.9. The zero-order chi connectivity index (χ0) is 12.3. The van der Waals surface area contributed by atoms with Gasteiger partial charge < -0.3 is 5.32 Å². The lowest BCUT2D eigenvalue weighted by Gasteiger charge is -2.04. The van der Waals surface area contributed by atoms with Gasteiger partial charge in [0.25, 0.3) is 0 Å². The number of nitrogens with one attached hydrogen (secondary N) is 1. The van der Waals surface area contributed by atoms with Crippen molar-refractivity contribution in [1.82, 2.24) is 9.78 Å². The van der Waals surface area contributed by atoms with Crippen LogP contribution in [-0.2, 0) is 13.1 Å². The van der Waals surface area contributed by atoms with Crippen molar-refractivity contribution < 1.29 is 8.78 Å². The number of rotatable bonds is 4. The van der Waals surface area contributed by atoms with Crippen molar-refractivity contribution >= 4 is 5.69 Å². The van der Waals surface area contributed by atoms with E-state index in [4.69, 9.17) is 0 Å². The van der Waals surface area contributed by atoms with Crippen LogP contribution in [0.3, 0.4) is 0 Å². The minimum atomic E-state index is -0.826. The molecule has 2 aromatic rings. The number of halogens is 2. The van der Waals surface area contributed by atoms with Gasteiger partial charge >= 0.3 is 0 Å². The van der Waals surface area contributed by atoms with Gasteiger partial charge in [-0.25, -0.2) is 8.78 Å². The SMILES string of the molecule is CCn1cc(NCc2ccc(F)c(F)c2)cn1. The predicted octanol–water partition coefficient (Wildman–Crippen LogP) is 2.79. The van der Waals surface area contributed by atoms with Crippen molar-refractivity contribution in [2.45, 2.75) is 20.0 Å². The predicted molar refractivity (Wildman–Crippen MR) is 61.6 cm³/mol. The van der Waals surface area contributed by atoms with Crippen LogP contribution in [0.25, 0.3) is 0 Å². The Kier molecular flexibility index (Phi) is 3.37. The molecule has 0 unspecified atom stereocenters. The van der Waals surface area contributed by atoms with Crippen molar-refractivity contribution in [2.75, 3.05) is 5.32 Å². The molecule has 3 nitrogen and oxygen atoms in total. The van der Waals surface area contributed by atoms with Crippen molar-refractivity contribution in [1.29, 1.82) is 0 Å². The smallest absolute Gasteiger partial charge is 0.159 e. The first kappa shape index (κ1) is 11.6. The summed E-state index contributed by atoms with van der Waals surface area (Å²) in [6.45, 7) is 3.23. The number of benzene rings is 1. The molecule has 0 spiro atoms. The summed E-state index contributed by atoms with van der Waals surface area (Å²) in [4.78, 5) is 0. The van der Waals surface area contributed by atoms with E-state index in [-0.39, 0.29) is 0 Å². The Morgan fingerprint density at radius 1 is 1.29 bits per heavy atom. The Morgan fingerprint density at radius 2 is 2.12 bits per heavy atom. The normalized spacial score (nSPS) is 10.5. The molecule has 0 saturated heterocycles. The van der Waals surface area contributed by atoms with Crippen molar-refractivity contribution in [3.63, 3.8) is 0 Å². The minimum Gasteiger partial charge on any atom is -0.378 e. The molecule has 5 heteroatoms. The second-order valence-corrected chi connectivity index (χ2v) is 3.69. The van der Waals surface area contributed by atoms with Gasteiger partial charge in [-0.1, -0.05) is 6.07 Å². The third-order valence-corrected chi connectivity index (χ3v) is 2.44. The van der Waals surface area contributed by atoms with Gasteiger partial charge in [0.2, 0.25) is 0 Å². The molecule has 0 atom stereocenters. The van der Waals surface area contributed by atoms with E-state index in [0.717, 1.165) is 18.3 Å². The second kappa shape index (κ2) is 4.95. The lowest BCUT2D eigenvalue weighted by molar-refractivity contribution is 0.507. The summed E-state index contributed by atoms with van der Waals surface area (Å²) < 4.78 is 27.4. The third-order valence-electron chi connectivity index (χ3n) is 2.44. The fourth-order valence-electron chi connectivity index (χ4n) is 1.48. The molecule has 1 heterocycles. The number of anilines is 1. The molecule has 90 valence electrons. The van der Waals surface area contributed by atoms with E-state index in [1.54, 1.807) is 16.9 Å². The van der Waals surface area contributed by atoms with E-state index in [1.807, 2.05) is 13.1 Å². The zero-order valence-corrected chi connectivity index (χ0v) is 9.45. The van der Waals surface area contributed by atoms with E-state index in [9.17, 15) is 8.78 Å². The highest BCUT2D eigenvalue weighted by Gasteiger charge is 2.03. The van der Waals surface area contributed by atoms with Gasteiger partial charge in [-0.3, -0.25) is 4.68 Å². The van der Waals surface area contributed by atoms with Gasteiger partial charge in [0, 0.05) is 19.3 Å². The number of hydrogen-bond donors (Lipinski definition) is 1. The van der Waals surface area contributed by atoms with E-state index >= 15 is 0 Å². The summed E-state index contributed by atoms with van der Waals surface area (Å²) in [5.41, 5.74) is 1.55. The van der Waals surface area contributed by atoms with Crippen LogP contribution in [0.4, 0.5) is 14.5 Å². The zero-order valence-electron chi connectivity index (χ0n) is 9.45. The fourth-order valence-corrected chi connectivity index (χ4v) is 1.48. The van der Waals surface area contributed by atoms with Crippen LogP contribution < -0.4 is 5.32 Å². The molecular formula is C12H13F2N3. The molecule has 0 radical (unpaired) electrons. The first-order valence-corrected chi connectivity index (χ1v) is 5.39. The van der Waals surface area contributed by atoms with E-state index in [0.29, 0.717) is 12.1 Å². The first-order valence-electron chi connectivity index (χ1n) is 5.39. The second-order valence-electron chi connectivity index (χ2n) is 3.69. The largest absolute Gasteiger partial charge is 0.378 e. The number of hydrogen-bond acceptors (Lipinski definition) is 2. The Morgan fingerprint density at radius 3 is 2.76 bits per heavy atom. The lowest BCUT2D eigenvalue weighted by Crippen LogP contribution is -2.00. The maximum absolute atomic E-state index is 12.9. The van der Waals surface area contributed by atoms with Crippen LogP contribution in [-0.4, -0.2) is 9.78 Å². The molecule has 0 fully saturated rings. The molecule has 17 heavy (non-hydrogen) atoms. The Balaban J connectivity index is 1.99. The number of nitrogens with zero attached hydrogens (tertiary/aromatic N) is 2. The maximum Gasteiger partial charge on any atom is 0.159 e. The molecule has 0 saturated carbocycles. The monoisotopic (exact) mass is 237 g/mol. The highest BCUT2D eigenvalue weighted by atomic mass is 19.2. The first-order chi connectivity index (χ1) is 8.19. The van der Waals surface area contributed by atoms with Crippen molar-refractivity contribution in [3.05, 3.63) is 47.8 Å². The summed E-state index contributed by atoms with van der Waals surface area (Å²) >= 11 is 0. The number of aromatic nitrogens is 2. The van der Waals surface area contributed by atoms with Crippen molar-refractivity contribution in [3.8, 4) is 0 Å². The van der Waals surface area contributed by atoms with Gasteiger partial charge in [0.1, 0.15) is 0 Å². The van der Waals surface area contributed by atoms with Crippen LogP contribution in [0.15, 0.2) is 30.6 Å². The quantitative estimate of drug-likeness (QED) is 0.886. The van der Waals surface area contributed by atoms with Crippen LogP contribution >= 0.6 is 0 Å². The van der Waals surface area contributed by atoms with E-state index in [2.05, 4.69) is 10.4 Å². The lowest BCUT2D eigenvalue weighted by atomic mass is 10.2.